The molecule has 4 rings (SSSR count). The summed E-state index contributed by atoms with van der Waals surface area (Å²) >= 11 is 0. The second kappa shape index (κ2) is 12.4. The lowest BCUT2D eigenvalue weighted by Gasteiger charge is -2.36. The molecule has 2 aromatic carbocycles. The van der Waals surface area contributed by atoms with Crippen molar-refractivity contribution in [2.45, 2.75) is 63.8 Å². The summed E-state index contributed by atoms with van der Waals surface area (Å²) in [7, 11) is 0. The average molecular weight is 544 g/mol. The van der Waals surface area contributed by atoms with Crippen molar-refractivity contribution in [3.8, 4) is 16.9 Å². The van der Waals surface area contributed by atoms with Gasteiger partial charge in [0.1, 0.15) is 23.3 Å². The third-order valence-corrected chi connectivity index (χ3v) is 8.27. The fraction of sp³-hybridized carbons (Fsp3) is 0.533. The van der Waals surface area contributed by atoms with Gasteiger partial charge in [0, 0.05) is 30.3 Å². The quantitative estimate of drug-likeness (QED) is 0.469. The van der Waals surface area contributed by atoms with Crippen molar-refractivity contribution >= 4 is 11.8 Å². The molecule has 2 saturated heterocycles. The SMILES string of the molecule is CCC(F)(CC)CN1CCC(COc2ccc(-c3ccccc3C(=O)N3CCC(O)C3C(N)=O)c(F)c2)CC1. The van der Waals surface area contributed by atoms with Crippen LogP contribution in [0.3, 0.4) is 0 Å². The maximum Gasteiger partial charge on any atom is 0.255 e. The first kappa shape index (κ1) is 29.0. The number of aliphatic hydroxyl groups excluding tert-OH is 1. The molecule has 2 amide bonds. The highest BCUT2D eigenvalue weighted by atomic mass is 19.1. The van der Waals surface area contributed by atoms with Crippen molar-refractivity contribution < 1.29 is 28.2 Å². The van der Waals surface area contributed by atoms with Gasteiger partial charge in [-0.05, 0) is 74.9 Å². The zero-order valence-corrected chi connectivity index (χ0v) is 22.7. The highest BCUT2D eigenvalue weighted by Gasteiger charge is 2.40. The van der Waals surface area contributed by atoms with Gasteiger partial charge in [-0.2, -0.15) is 0 Å². The van der Waals surface area contributed by atoms with Crippen molar-refractivity contribution in [1.29, 1.82) is 0 Å². The van der Waals surface area contributed by atoms with E-state index in [2.05, 4.69) is 4.90 Å². The van der Waals surface area contributed by atoms with Crippen molar-refractivity contribution in [2.75, 3.05) is 32.8 Å². The van der Waals surface area contributed by atoms with Crippen LogP contribution in [0, 0.1) is 11.7 Å². The highest BCUT2D eigenvalue weighted by molar-refractivity contribution is 6.03. The van der Waals surface area contributed by atoms with E-state index in [1.807, 2.05) is 13.8 Å². The van der Waals surface area contributed by atoms with Crippen molar-refractivity contribution in [2.24, 2.45) is 11.7 Å². The first-order chi connectivity index (χ1) is 18.7. The molecule has 0 bridgehead atoms. The number of carbonyl (C=O) groups is 2. The van der Waals surface area contributed by atoms with Gasteiger partial charge >= 0.3 is 0 Å². The number of ether oxygens (including phenoxy) is 1. The van der Waals surface area contributed by atoms with Gasteiger partial charge in [0.25, 0.3) is 5.91 Å². The normalized spacial score (nSPS) is 20.8. The molecule has 2 aromatic rings. The predicted molar refractivity (Wildman–Crippen MR) is 146 cm³/mol. The lowest BCUT2D eigenvalue weighted by Crippen LogP contribution is -2.48. The first-order valence-electron chi connectivity index (χ1n) is 13.9. The number of halogens is 2. The molecule has 2 atom stereocenters. The molecule has 9 heteroatoms. The Labute approximate surface area is 228 Å². The van der Waals surface area contributed by atoms with Gasteiger partial charge < -0.3 is 25.4 Å². The van der Waals surface area contributed by atoms with Gasteiger partial charge in [-0.15, -0.1) is 0 Å². The highest BCUT2D eigenvalue weighted by Crippen LogP contribution is 2.32. The van der Waals surface area contributed by atoms with Crippen LogP contribution in [0.4, 0.5) is 8.78 Å². The number of nitrogens with zero attached hydrogens (tertiary/aromatic N) is 2. The summed E-state index contributed by atoms with van der Waals surface area (Å²) in [5.74, 6) is -1.08. The lowest BCUT2D eigenvalue weighted by molar-refractivity contribution is -0.123. The molecule has 0 spiro atoms. The Morgan fingerprint density at radius 2 is 1.74 bits per heavy atom. The Hall–Kier alpha value is -3.04. The van der Waals surface area contributed by atoms with Crippen LogP contribution in [0.2, 0.25) is 0 Å². The molecule has 0 saturated carbocycles. The molecule has 2 aliphatic rings. The number of benzene rings is 2. The summed E-state index contributed by atoms with van der Waals surface area (Å²) in [6.45, 7) is 6.53. The molecule has 0 aliphatic carbocycles. The van der Waals surface area contributed by atoms with E-state index in [1.54, 1.807) is 36.4 Å². The Balaban J connectivity index is 1.40. The minimum Gasteiger partial charge on any atom is -0.493 e. The number of hydrogen-bond donors (Lipinski definition) is 2. The van der Waals surface area contributed by atoms with Crippen LogP contribution in [0.1, 0.15) is 56.3 Å². The topological polar surface area (TPSA) is 96.1 Å². The molecular weight excluding hydrogens is 504 g/mol. The zero-order chi connectivity index (χ0) is 28.2. The van der Waals surface area contributed by atoms with Crippen LogP contribution in [-0.4, -0.2) is 77.3 Å². The van der Waals surface area contributed by atoms with Crippen molar-refractivity contribution in [3.63, 3.8) is 0 Å². The second-order valence-corrected chi connectivity index (χ2v) is 10.8. The Morgan fingerprint density at radius 1 is 1.05 bits per heavy atom. The maximum absolute atomic E-state index is 15.3. The molecule has 0 aromatic heterocycles. The van der Waals surface area contributed by atoms with E-state index in [9.17, 15) is 19.1 Å². The Morgan fingerprint density at radius 3 is 2.38 bits per heavy atom. The number of likely N-dealkylation sites (tertiary alicyclic amines) is 2. The van der Waals surface area contributed by atoms with Crippen LogP contribution in [0.5, 0.6) is 5.75 Å². The van der Waals surface area contributed by atoms with Crippen LogP contribution in [0.15, 0.2) is 42.5 Å². The minimum atomic E-state index is -1.13. The standard InChI is InChI=1S/C30H39F2N3O4/c1-3-30(32,4-2)19-34-14-11-20(12-15-34)18-39-21-9-10-23(25(31)17-21)22-7-5-6-8-24(22)29(38)35-16-13-26(36)27(35)28(33)37/h5-10,17,20,26-27,36H,3-4,11-16,18-19H2,1-2H3,(H2,33,37). The van der Waals surface area contributed by atoms with Gasteiger partial charge in [0.05, 0.1) is 12.7 Å². The van der Waals surface area contributed by atoms with Gasteiger partial charge in [-0.1, -0.05) is 32.0 Å². The summed E-state index contributed by atoms with van der Waals surface area (Å²) in [5.41, 5.74) is 5.13. The molecule has 0 radical (unpaired) electrons. The largest absolute Gasteiger partial charge is 0.493 e. The number of hydrogen-bond acceptors (Lipinski definition) is 5. The number of alkyl halides is 1. The van der Waals surface area contributed by atoms with Crippen LogP contribution < -0.4 is 10.5 Å². The van der Waals surface area contributed by atoms with Crippen LogP contribution in [0.25, 0.3) is 11.1 Å². The number of piperidine rings is 1. The smallest absolute Gasteiger partial charge is 0.255 e. The molecule has 2 fully saturated rings. The summed E-state index contributed by atoms with van der Waals surface area (Å²) < 4.78 is 36.0. The monoisotopic (exact) mass is 543 g/mol. The number of aliphatic hydroxyl groups is 1. The third-order valence-electron chi connectivity index (χ3n) is 8.27. The number of carbonyl (C=O) groups excluding carboxylic acids is 2. The minimum absolute atomic E-state index is 0.183. The number of primary amides is 1. The molecule has 3 N–H and O–H groups in total. The van der Waals surface area contributed by atoms with Crippen molar-refractivity contribution in [3.05, 3.63) is 53.8 Å². The summed E-state index contributed by atoms with van der Waals surface area (Å²) in [5, 5.41) is 10.1. The molecular formula is C30H39F2N3O4. The predicted octanol–water partition coefficient (Wildman–Crippen LogP) is 4.17. The van der Waals surface area contributed by atoms with E-state index in [0.717, 1.165) is 25.9 Å². The third kappa shape index (κ3) is 6.58. The zero-order valence-electron chi connectivity index (χ0n) is 22.7. The molecule has 212 valence electrons. The van der Waals surface area contributed by atoms with E-state index in [-0.39, 0.29) is 24.1 Å². The van der Waals surface area contributed by atoms with Crippen LogP contribution in [-0.2, 0) is 4.79 Å². The number of rotatable bonds is 10. The first-order valence-corrected chi connectivity index (χ1v) is 13.9. The molecule has 2 heterocycles. The van der Waals surface area contributed by atoms with E-state index in [1.165, 1.54) is 11.0 Å². The number of nitrogens with two attached hydrogens (primary N) is 1. The van der Waals surface area contributed by atoms with E-state index < -0.39 is 35.4 Å². The van der Waals surface area contributed by atoms with Crippen LogP contribution >= 0.6 is 0 Å². The summed E-state index contributed by atoms with van der Waals surface area (Å²) in [6.07, 6.45) is 2.05. The van der Waals surface area contributed by atoms with Crippen molar-refractivity contribution in [1.82, 2.24) is 9.80 Å². The van der Waals surface area contributed by atoms with Gasteiger partial charge in [-0.3, -0.25) is 9.59 Å². The lowest BCUT2D eigenvalue weighted by atomic mass is 9.94. The molecule has 39 heavy (non-hydrogen) atoms. The van der Waals surface area contributed by atoms with Gasteiger partial charge in [0.15, 0.2) is 0 Å². The molecule has 2 aliphatic heterocycles. The average Bonchev–Trinajstić information content (AvgIpc) is 3.34. The van der Waals surface area contributed by atoms with Gasteiger partial charge in [0.2, 0.25) is 5.91 Å². The Bertz CT molecular complexity index is 1160. The van der Waals surface area contributed by atoms with E-state index in [4.69, 9.17) is 10.5 Å². The number of amides is 2. The van der Waals surface area contributed by atoms with E-state index in [0.29, 0.717) is 43.2 Å². The van der Waals surface area contributed by atoms with E-state index >= 15 is 4.39 Å². The summed E-state index contributed by atoms with van der Waals surface area (Å²) in [4.78, 5) is 28.6. The summed E-state index contributed by atoms with van der Waals surface area (Å²) in [6, 6.07) is 10.1. The molecule has 2 unspecified atom stereocenters. The van der Waals surface area contributed by atoms with Gasteiger partial charge in [-0.25, -0.2) is 8.78 Å². The Kier molecular flexibility index (Phi) is 9.23. The fourth-order valence-electron chi connectivity index (χ4n) is 5.61. The molecule has 7 nitrogen and oxygen atoms in total. The second-order valence-electron chi connectivity index (χ2n) is 10.8. The fourth-order valence-corrected chi connectivity index (χ4v) is 5.61. The maximum atomic E-state index is 15.3.